The highest BCUT2D eigenvalue weighted by molar-refractivity contribution is 7.13. The van der Waals surface area contributed by atoms with Crippen molar-refractivity contribution in [2.75, 3.05) is 0 Å². The fraction of sp³-hybridized carbons (Fsp3) is 0.200. The van der Waals surface area contributed by atoms with E-state index in [0.29, 0.717) is 5.01 Å². The molecule has 0 fully saturated rings. The Balaban J connectivity index is 3.15. The van der Waals surface area contributed by atoms with Crippen LogP contribution in [0.25, 0.3) is 0 Å². The molecule has 2 N–H and O–H groups in total. The Morgan fingerprint density at radius 2 is 2.30 bits per heavy atom. The van der Waals surface area contributed by atoms with Gasteiger partial charge in [-0.2, -0.15) is 0 Å². The van der Waals surface area contributed by atoms with Crippen LogP contribution in [0, 0.1) is 6.92 Å². The van der Waals surface area contributed by atoms with Gasteiger partial charge in [0.25, 0.3) is 0 Å². The predicted octanol–water partition coefficient (Wildman–Crippen LogP) is 0.855. The van der Waals surface area contributed by atoms with E-state index < -0.39 is 5.97 Å². The smallest absolute Gasteiger partial charge is 0.359 e. The summed E-state index contributed by atoms with van der Waals surface area (Å²) in [5.74, 6) is -1.19. The van der Waals surface area contributed by atoms with Crippen molar-refractivity contribution in [2.24, 2.45) is 0 Å². The van der Waals surface area contributed by atoms with E-state index in [1.165, 1.54) is 0 Å². The van der Waals surface area contributed by atoms with E-state index in [2.05, 4.69) is 4.98 Å². The Labute approximate surface area is 60.8 Å². The second kappa shape index (κ2) is 2.26. The lowest BCUT2D eigenvalue weighted by Crippen LogP contribution is -1.96. The van der Waals surface area contributed by atoms with E-state index in [-0.39, 0.29) is 10.8 Å². The lowest BCUT2D eigenvalue weighted by atomic mass is 10.5. The van der Waals surface area contributed by atoms with Crippen molar-refractivity contribution in [1.82, 2.24) is 4.98 Å². The van der Waals surface area contributed by atoms with Gasteiger partial charge in [0, 0.05) is 0 Å². The molecule has 0 aromatic carbocycles. The molecule has 0 saturated heterocycles. The lowest BCUT2D eigenvalue weighted by molar-refractivity contribution is 0.0688. The summed E-state index contributed by atoms with van der Waals surface area (Å²) in [6, 6.07) is 0. The topological polar surface area (TPSA) is 70.4 Å². The molecule has 4 nitrogen and oxygen atoms in total. The van der Waals surface area contributed by atoms with Crippen LogP contribution in [0.3, 0.4) is 0 Å². The molecule has 0 aliphatic carbocycles. The zero-order chi connectivity index (χ0) is 7.72. The summed E-state index contributed by atoms with van der Waals surface area (Å²) in [7, 11) is 0. The van der Waals surface area contributed by atoms with Gasteiger partial charge < -0.3 is 10.2 Å². The van der Waals surface area contributed by atoms with E-state index in [0.717, 1.165) is 11.3 Å². The van der Waals surface area contributed by atoms with Crippen molar-refractivity contribution < 1.29 is 15.0 Å². The van der Waals surface area contributed by atoms with Gasteiger partial charge >= 0.3 is 5.97 Å². The fourth-order valence-electron chi connectivity index (χ4n) is 0.556. The van der Waals surface area contributed by atoms with Gasteiger partial charge in [-0.25, -0.2) is 9.78 Å². The van der Waals surface area contributed by atoms with E-state index in [4.69, 9.17) is 10.2 Å². The molecule has 1 aromatic heterocycles. The molecule has 0 aliphatic rings. The maximum Gasteiger partial charge on any atom is 0.359 e. The molecule has 0 saturated carbocycles. The first-order chi connectivity index (χ1) is 4.61. The first kappa shape index (κ1) is 7.01. The normalized spacial score (nSPS) is 9.70. The molecular formula is C5H5NO3S. The lowest BCUT2D eigenvalue weighted by Gasteiger charge is -1.83. The third-order valence-corrected chi connectivity index (χ3v) is 1.69. The van der Waals surface area contributed by atoms with Crippen LogP contribution in [-0.2, 0) is 0 Å². The van der Waals surface area contributed by atoms with Gasteiger partial charge in [0.1, 0.15) is 0 Å². The molecule has 1 aromatic rings. The minimum atomic E-state index is -1.19. The van der Waals surface area contributed by atoms with Gasteiger partial charge in [-0.15, -0.1) is 0 Å². The summed E-state index contributed by atoms with van der Waals surface area (Å²) in [6.07, 6.45) is 0. The number of rotatable bonds is 1. The van der Waals surface area contributed by atoms with Crippen LogP contribution in [0.5, 0.6) is 5.06 Å². The molecule has 54 valence electrons. The Bertz CT molecular complexity index is 268. The van der Waals surface area contributed by atoms with Crippen LogP contribution in [0.1, 0.15) is 15.5 Å². The van der Waals surface area contributed by atoms with Crippen LogP contribution in [-0.4, -0.2) is 21.2 Å². The number of aromatic hydroxyl groups is 1. The number of hydrogen-bond acceptors (Lipinski definition) is 4. The Morgan fingerprint density at radius 1 is 1.70 bits per heavy atom. The third kappa shape index (κ3) is 1.08. The molecule has 10 heavy (non-hydrogen) atoms. The molecule has 0 unspecified atom stereocenters. The summed E-state index contributed by atoms with van der Waals surface area (Å²) in [6.45, 7) is 1.64. The number of thiazole rings is 1. The van der Waals surface area contributed by atoms with Crippen LogP contribution in [0.4, 0.5) is 0 Å². The summed E-state index contributed by atoms with van der Waals surface area (Å²) < 4.78 is 0. The molecular weight excluding hydrogens is 154 g/mol. The Kier molecular flexibility index (Phi) is 1.58. The summed E-state index contributed by atoms with van der Waals surface area (Å²) >= 11 is 0.961. The first-order valence-electron chi connectivity index (χ1n) is 2.51. The van der Waals surface area contributed by atoms with Crippen LogP contribution in [0.2, 0.25) is 0 Å². The van der Waals surface area contributed by atoms with Gasteiger partial charge in [0.2, 0.25) is 10.8 Å². The first-order valence-corrected chi connectivity index (χ1v) is 3.32. The molecule has 1 rings (SSSR count). The second-order valence-electron chi connectivity index (χ2n) is 1.69. The van der Waals surface area contributed by atoms with Crippen molar-refractivity contribution in [3.8, 4) is 5.06 Å². The van der Waals surface area contributed by atoms with Gasteiger partial charge in [-0.1, -0.05) is 11.3 Å². The molecule has 0 radical (unpaired) electrons. The number of aromatic carboxylic acids is 1. The number of nitrogens with zero attached hydrogens (tertiary/aromatic N) is 1. The van der Waals surface area contributed by atoms with Gasteiger partial charge in [0.05, 0.1) is 5.01 Å². The minimum absolute atomic E-state index is 0.231. The van der Waals surface area contributed by atoms with Crippen molar-refractivity contribution in [3.05, 3.63) is 10.7 Å². The number of aryl methyl sites for hydroxylation is 1. The Morgan fingerprint density at radius 3 is 2.50 bits per heavy atom. The van der Waals surface area contributed by atoms with Crippen LogP contribution >= 0.6 is 11.3 Å². The van der Waals surface area contributed by atoms with Crippen molar-refractivity contribution in [1.29, 1.82) is 0 Å². The number of carboxylic acid groups (broad SMARTS) is 1. The summed E-state index contributed by atoms with van der Waals surface area (Å²) in [5.41, 5.74) is -0.262. The SMILES string of the molecule is Cc1nc(C(=O)O)c(O)s1. The van der Waals surface area contributed by atoms with Crippen molar-refractivity contribution in [2.45, 2.75) is 6.92 Å². The molecule has 0 atom stereocenters. The fourth-order valence-corrected chi connectivity index (χ4v) is 1.20. The highest BCUT2D eigenvalue weighted by Gasteiger charge is 2.13. The standard InChI is InChI=1S/C5H5NO3S/c1-2-6-3(4(7)8)5(9)10-2/h9H,1H3,(H,7,8). The predicted molar refractivity (Wildman–Crippen MR) is 35.5 cm³/mol. The average molecular weight is 159 g/mol. The van der Waals surface area contributed by atoms with Crippen LogP contribution in [0.15, 0.2) is 0 Å². The summed E-state index contributed by atoms with van der Waals surface area (Å²) in [5, 5.41) is 17.6. The van der Waals surface area contributed by atoms with Gasteiger partial charge in [-0.05, 0) is 6.92 Å². The van der Waals surface area contributed by atoms with E-state index in [1.807, 2.05) is 0 Å². The molecule has 0 amide bonds. The zero-order valence-electron chi connectivity index (χ0n) is 5.16. The molecule has 1 heterocycles. The number of aromatic nitrogens is 1. The maximum atomic E-state index is 10.2. The van der Waals surface area contributed by atoms with E-state index in [9.17, 15) is 4.79 Å². The number of carboxylic acids is 1. The monoisotopic (exact) mass is 159 g/mol. The zero-order valence-corrected chi connectivity index (χ0v) is 5.97. The largest absolute Gasteiger partial charge is 0.498 e. The van der Waals surface area contributed by atoms with Crippen molar-refractivity contribution in [3.63, 3.8) is 0 Å². The minimum Gasteiger partial charge on any atom is -0.498 e. The highest BCUT2D eigenvalue weighted by Crippen LogP contribution is 2.24. The van der Waals surface area contributed by atoms with Crippen molar-refractivity contribution >= 4 is 17.3 Å². The van der Waals surface area contributed by atoms with E-state index in [1.54, 1.807) is 6.92 Å². The Hall–Kier alpha value is -1.10. The maximum absolute atomic E-state index is 10.2. The third-order valence-electron chi connectivity index (χ3n) is 0.919. The van der Waals surface area contributed by atoms with Gasteiger partial charge in [-0.3, -0.25) is 0 Å². The quantitative estimate of drug-likeness (QED) is 0.637. The highest BCUT2D eigenvalue weighted by atomic mass is 32.1. The van der Waals surface area contributed by atoms with E-state index >= 15 is 0 Å². The molecule has 0 aliphatic heterocycles. The summed E-state index contributed by atoms with van der Waals surface area (Å²) in [4.78, 5) is 13.8. The molecule has 0 bridgehead atoms. The molecule has 5 heteroatoms. The molecule has 0 spiro atoms. The average Bonchev–Trinajstić information content (AvgIpc) is 2.10. The van der Waals surface area contributed by atoms with Gasteiger partial charge in [0.15, 0.2) is 0 Å². The second-order valence-corrected chi connectivity index (χ2v) is 2.87. The number of carbonyl (C=O) groups is 1. The van der Waals surface area contributed by atoms with Crippen LogP contribution < -0.4 is 0 Å². The number of hydrogen-bond donors (Lipinski definition) is 2.